The number of aryl methyl sites for hydroxylation is 1. The largest absolute Gasteiger partial charge is 0.339 e. The maximum atomic E-state index is 10.3. The molecule has 2 heterocycles. The first kappa shape index (κ1) is 8.75. The fraction of sp³-hybridized carbons (Fsp3) is 0.444. The van der Waals surface area contributed by atoms with Crippen LogP contribution in [0.1, 0.15) is 23.7 Å². The van der Waals surface area contributed by atoms with Crippen molar-refractivity contribution in [3.63, 3.8) is 0 Å². The van der Waals surface area contributed by atoms with Crippen LogP contribution in [0, 0.1) is 11.3 Å². The van der Waals surface area contributed by atoms with Crippen LogP contribution >= 0.6 is 0 Å². The Bertz CT molecular complexity index is 390. The second-order valence-electron chi connectivity index (χ2n) is 3.22. The highest BCUT2D eigenvalue weighted by molar-refractivity contribution is 5.49. The predicted molar refractivity (Wildman–Crippen MR) is 48.1 cm³/mol. The quantitative estimate of drug-likeness (QED) is 0.689. The van der Waals surface area contributed by atoms with Crippen LogP contribution < -0.4 is 5.32 Å². The lowest BCUT2D eigenvalue weighted by Crippen LogP contribution is -2.18. The maximum absolute atomic E-state index is 10.3. The van der Waals surface area contributed by atoms with Crippen molar-refractivity contribution in [2.24, 2.45) is 0 Å². The summed E-state index contributed by atoms with van der Waals surface area (Å²) < 4.78 is 1.89. The summed E-state index contributed by atoms with van der Waals surface area (Å²) in [6.45, 7) is 0.911. The molecule has 0 saturated carbocycles. The van der Waals surface area contributed by atoms with E-state index < -0.39 is 6.04 Å². The van der Waals surface area contributed by atoms with Gasteiger partial charge in [-0.15, -0.1) is 0 Å². The van der Waals surface area contributed by atoms with Crippen LogP contribution in [-0.4, -0.2) is 16.2 Å². The smallest absolute Gasteiger partial charge is 0.208 e. The molecule has 1 amide bonds. The van der Waals surface area contributed by atoms with Gasteiger partial charge >= 0.3 is 0 Å². The van der Waals surface area contributed by atoms with E-state index in [0.29, 0.717) is 6.41 Å². The van der Waals surface area contributed by atoms with Gasteiger partial charge in [0.05, 0.1) is 12.3 Å². The van der Waals surface area contributed by atoms with Gasteiger partial charge in [0, 0.05) is 17.8 Å². The highest BCUT2D eigenvalue weighted by Crippen LogP contribution is 2.23. The minimum absolute atomic E-state index is 0.549. The molecule has 1 N–H and O–H groups in total. The molecular weight excluding hydrogens is 180 g/mol. The third-order valence-electron chi connectivity index (χ3n) is 2.44. The molecule has 0 fully saturated rings. The Labute approximate surface area is 81.3 Å². The van der Waals surface area contributed by atoms with Crippen molar-refractivity contribution < 1.29 is 4.79 Å². The highest BCUT2D eigenvalue weighted by atomic mass is 16.1. The third kappa shape index (κ3) is 1.25. The average molecular weight is 190 g/mol. The van der Waals surface area contributed by atoms with E-state index >= 15 is 0 Å². The molecule has 0 aliphatic carbocycles. The van der Waals surface area contributed by atoms with Gasteiger partial charge in [-0.2, -0.15) is 10.4 Å². The number of nitriles is 1. The Hall–Kier alpha value is -1.83. The van der Waals surface area contributed by atoms with Crippen molar-refractivity contribution in [3.05, 3.63) is 17.5 Å². The fourth-order valence-electron chi connectivity index (χ4n) is 1.79. The Kier molecular flexibility index (Phi) is 2.19. The number of rotatable bonds is 3. The minimum Gasteiger partial charge on any atom is -0.339 e. The van der Waals surface area contributed by atoms with Crippen molar-refractivity contribution in [2.75, 3.05) is 0 Å². The van der Waals surface area contributed by atoms with E-state index in [1.165, 1.54) is 0 Å². The van der Waals surface area contributed by atoms with Crippen LogP contribution in [-0.2, 0) is 17.8 Å². The van der Waals surface area contributed by atoms with Gasteiger partial charge < -0.3 is 5.32 Å². The van der Waals surface area contributed by atoms with Gasteiger partial charge in [0.15, 0.2) is 0 Å². The maximum Gasteiger partial charge on any atom is 0.208 e. The Balaban J connectivity index is 2.31. The summed E-state index contributed by atoms with van der Waals surface area (Å²) in [5, 5.41) is 15.5. The molecule has 1 aromatic rings. The molecule has 72 valence electrons. The van der Waals surface area contributed by atoms with Crippen molar-refractivity contribution in [2.45, 2.75) is 25.4 Å². The summed E-state index contributed by atoms with van der Waals surface area (Å²) in [7, 11) is 0. The molecule has 1 unspecified atom stereocenters. The van der Waals surface area contributed by atoms with Crippen LogP contribution in [0.5, 0.6) is 0 Å². The Morgan fingerprint density at radius 2 is 2.64 bits per heavy atom. The molecule has 1 aliphatic heterocycles. The fourth-order valence-corrected chi connectivity index (χ4v) is 1.79. The number of carbonyl (C=O) groups is 1. The Morgan fingerprint density at radius 3 is 3.36 bits per heavy atom. The molecule has 0 saturated heterocycles. The summed E-state index contributed by atoms with van der Waals surface area (Å²) in [6.07, 6.45) is 4.22. The van der Waals surface area contributed by atoms with E-state index in [2.05, 4.69) is 10.4 Å². The molecule has 1 atom stereocenters. The number of nitrogens with one attached hydrogen (secondary N) is 1. The number of fused-ring (bicyclic) bond motifs is 1. The molecule has 1 aliphatic rings. The van der Waals surface area contributed by atoms with Gasteiger partial charge in [0.2, 0.25) is 6.41 Å². The summed E-state index contributed by atoms with van der Waals surface area (Å²) in [6, 6.07) is 1.48. The molecule has 14 heavy (non-hydrogen) atoms. The molecule has 5 nitrogen and oxygen atoms in total. The van der Waals surface area contributed by atoms with Gasteiger partial charge in [-0.1, -0.05) is 0 Å². The number of aromatic nitrogens is 2. The number of nitrogens with zero attached hydrogens (tertiary/aromatic N) is 3. The van der Waals surface area contributed by atoms with Gasteiger partial charge in [0.25, 0.3) is 0 Å². The topological polar surface area (TPSA) is 70.7 Å². The normalized spacial score (nSPS) is 15.6. The van der Waals surface area contributed by atoms with Gasteiger partial charge in [-0.3, -0.25) is 9.48 Å². The SMILES string of the molecule is N#CC(NC=O)c1cnn2c1CCC2. The van der Waals surface area contributed by atoms with E-state index in [4.69, 9.17) is 5.26 Å². The molecule has 1 aromatic heterocycles. The number of hydrogen-bond donors (Lipinski definition) is 1. The van der Waals surface area contributed by atoms with Crippen molar-refractivity contribution >= 4 is 6.41 Å². The number of carbonyl (C=O) groups excluding carboxylic acids is 1. The van der Waals surface area contributed by atoms with E-state index in [9.17, 15) is 4.79 Å². The van der Waals surface area contributed by atoms with Crippen molar-refractivity contribution in [1.29, 1.82) is 5.26 Å². The molecule has 2 rings (SSSR count). The zero-order chi connectivity index (χ0) is 9.97. The standard InChI is InChI=1S/C9H10N4O/c10-4-8(11-6-14)7-5-12-13-3-1-2-9(7)13/h5-6,8H,1-3H2,(H,11,14). The zero-order valence-corrected chi connectivity index (χ0v) is 7.60. The van der Waals surface area contributed by atoms with Crippen LogP contribution in [0.3, 0.4) is 0 Å². The van der Waals surface area contributed by atoms with Gasteiger partial charge in [-0.05, 0) is 12.8 Å². The highest BCUT2D eigenvalue weighted by Gasteiger charge is 2.21. The predicted octanol–water partition coefficient (Wildman–Crippen LogP) is 0.140. The van der Waals surface area contributed by atoms with Crippen LogP contribution in [0.25, 0.3) is 0 Å². The third-order valence-corrected chi connectivity index (χ3v) is 2.44. The molecular formula is C9H10N4O. The van der Waals surface area contributed by atoms with Crippen molar-refractivity contribution in [3.8, 4) is 6.07 Å². The molecule has 0 aromatic carbocycles. The second kappa shape index (κ2) is 3.50. The molecule has 0 bridgehead atoms. The molecule has 5 heteroatoms. The zero-order valence-electron chi connectivity index (χ0n) is 7.60. The summed E-state index contributed by atoms with van der Waals surface area (Å²) >= 11 is 0. The van der Waals surface area contributed by atoms with Crippen LogP contribution in [0.4, 0.5) is 0 Å². The monoisotopic (exact) mass is 190 g/mol. The number of hydrogen-bond acceptors (Lipinski definition) is 3. The van der Waals surface area contributed by atoms with Crippen LogP contribution in [0.2, 0.25) is 0 Å². The lowest BCUT2D eigenvalue weighted by atomic mass is 10.1. The van der Waals surface area contributed by atoms with E-state index in [1.54, 1.807) is 6.20 Å². The molecule has 0 spiro atoms. The number of amides is 1. The summed E-state index contributed by atoms with van der Waals surface area (Å²) in [5.41, 5.74) is 1.91. The summed E-state index contributed by atoms with van der Waals surface area (Å²) in [4.78, 5) is 10.3. The first-order chi connectivity index (χ1) is 6.86. The lowest BCUT2D eigenvalue weighted by Gasteiger charge is -2.06. The van der Waals surface area contributed by atoms with Crippen LogP contribution in [0.15, 0.2) is 6.20 Å². The summed E-state index contributed by atoms with van der Waals surface area (Å²) in [5.74, 6) is 0. The average Bonchev–Trinajstić information content (AvgIpc) is 2.75. The first-order valence-corrected chi connectivity index (χ1v) is 4.50. The van der Waals surface area contributed by atoms with Gasteiger partial charge in [0.1, 0.15) is 6.04 Å². The van der Waals surface area contributed by atoms with Crippen molar-refractivity contribution in [1.82, 2.24) is 15.1 Å². The second-order valence-corrected chi connectivity index (χ2v) is 3.22. The minimum atomic E-state index is -0.561. The van der Waals surface area contributed by atoms with E-state index in [0.717, 1.165) is 30.6 Å². The van der Waals surface area contributed by atoms with Gasteiger partial charge in [-0.25, -0.2) is 0 Å². The van der Waals surface area contributed by atoms with E-state index in [-0.39, 0.29) is 0 Å². The Morgan fingerprint density at radius 1 is 1.79 bits per heavy atom. The first-order valence-electron chi connectivity index (χ1n) is 4.50. The molecule has 0 radical (unpaired) electrons. The van der Waals surface area contributed by atoms with E-state index in [1.807, 2.05) is 10.8 Å². The lowest BCUT2D eigenvalue weighted by molar-refractivity contribution is -0.109.